The Morgan fingerprint density at radius 1 is 1.43 bits per heavy atom. The van der Waals surface area contributed by atoms with Crippen molar-refractivity contribution >= 4 is 17.5 Å². The third-order valence-electron chi connectivity index (χ3n) is 3.86. The van der Waals surface area contributed by atoms with Gasteiger partial charge in [0.05, 0.1) is 13.1 Å². The van der Waals surface area contributed by atoms with Gasteiger partial charge in [-0.15, -0.1) is 0 Å². The van der Waals surface area contributed by atoms with Crippen LogP contribution in [0.15, 0.2) is 24.3 Å². The molecule has 2 N–H and O–H groups in total. The van der Waals surface area contributed by atoms with Crippen molar-refractivity contribution in [1.82, 2.24) is 10.2 Å². The summed E-state index contributed by atoms with van der Waals surface area (Å²) in [6.45, 7) is 6.15. The standard InChI is InChI=1S/C16H23N3O2/c1-3-12(2)13-6-4-5-7-14(13)18-16(21)11-19-9-8-17-15(20)10-19/h4-7,12H,3,8-11H2,1-2H3,(H,17,20)(H,18,21)/t12-/m1/s1. The summed E-state index contributed by atoms with van der Waals surface area (Å²) in [4.78, 5) is 25.3. The molecular weight excluding hydrogens is 266 g/mol. The van der Waals surface area contributed by atoms with Gasteiger partial charge in [-0.25, -0.2) is 0 Å². The van der Waals surface area contributed by atoms with Crippen molar-refractivity contribution in [2.75, 3.05) is 31.5 Å². The number of benzene rings is 1. The van der Waals surface area contributed by atoms with Gasteiger partial charge >= 0.3 is 0 Å². The highest BCUT2D eigenvalue weighted by Crippen LogP contribution is 2.26. The first-order chi connectivity index (χ1) is 10.1. The van der Waals surface area contributed by atoms with Gasteiger partial charge in [0, 0.05) is 18.8 Å². The number of nitrogens with one attached hydrogen (secondary N) is 2. The van der Waals surface area contributed by atoms with E-state index in [-0.39, 0.29) is 18.4 Å². The lowest BCUT2D eigenvalue weighted by molar-refractivity contribution is -0.125. The smallest absolute Gasteiger partial charge is 0.238 e. The average molecular weight is 289 g/mol. The molecule has 0 unspecified atom stereocenters. The highest BCUT2D eigenvalue weighted by molar-refractivity contribution is 5.93. The van der Waals surface area contributed by atoms with E-state index in [1.807, 2.05) is 23.1 Å². The van der Waals surface area contributed by atoms with Crippen molar-refractivity contribution < 1.29 is 9.59 Å². The molecule has 1 aliphatic rings. The van der Waals surface area contributed by atoms with E-state index in [4.69, 9.17) is 0 Å². The average Bonchev–Trinajstić information content (AvgIpc) is 2.47. The van der Waals surface area contributed by atoms with Crippen LogP contribution in [0.3, 0.4) is 0 Å². The van der Waals surface area contributed by atoms with Crippen LogP contribution in [-0.4, -0.2) is 42.9 Å². The lowest BCUT2D eigenvalue weighted by Crippen LogP contribution is -2.49. The molecule has 114 valence electrons. The number of piperazine rings is 1. The third-order valence-corrected chi connectivity index (χ3v) is 3.86. The van der Waals surface area contributed by atoms with E-state index in [0.717, 1.165) is 17.7 Å². The number of hydrogen-bond acceptors (Lipinski definition) is 3. The molecular formula is C16H23N3O2. The fourth-order valence-electron chi connectivity index (χ4n) is 2.48. The monoisotopic (exact) mass is 289 g/mol. The Labute approximate surface area is 125 Å². The molecule has 0 spiro atoms. The van der Waals surface area contributed by atoms with Crippen LogP contribution < -0.4 is 10.6 Å². The zero-order valence-electron chi connectivity index (χ0n) is 12.7. The predicted molar refractivity (Wildman–Crippen MR) is 83.2 cm³/mol. The number of hydrogen-bond donors (Lipinski definition) is 2. The summed E-state index contributed by atoms with van der Waals surface area (Å²) in [7, 11) is 0. The minimum Gasteiger partial charge on any atom is -0.354 e. The van der Waals surface area contributed by atoms with E-state index >= 15 is 0 Å². The Morgan fingerprint density at radius 2 is 2.19 bits per heavy atom. The van der Waals surface area contributed by atoms with Gasteiger partial charge in [-0.3, -0.25) is 14.5 Å². The van der Waals surface area contributed by atoms with Crippen molar-refractivity contribution in [3.05, 3.63) is 29.8 Å². The summed E-state index contributed by atoms with van der Waals surface area (Å²) >= 11 is 0. The van der Waals surface area contributed by atoms with Crippen LogP contribution >= 0.6 is 0 Å². The SMILES string of the molecule is CC[C@@H](C)c1ccccc1NC(=O)CN1CCNC(=O)C1. The van der Waals surface area contributed by atoms with Gasteiger partial charge in [0.25, 0.3) is 0 Å². The number of rotatable bonds is 5. The second-order valence-electron chi connectivity index (χ2n) is 5.51. The molecule has 5 heteroatoms. The highest BCUT2D eigenvalue weighted by atomic mass is 16.2. The number of carbonyl (C=O) groups excluding carboxylic acids is 2. The summed E-state index contributed by atoms with van der Waals surface area (Å²) in [5, 5.41) is 5.73. The molecule has 1 fully saturated rings. The zero-order chi connectivity index (χ0) is 15.2. The number of amides is 2. The second-order valence-corrected chi connectivity index (χ2v) is 5.51. The van der Waals surface area contributed by atoms with Crippen LogP contribution in [0.5, 0.6) is 0 Å². The Balaban J connectivity index is 1.98. The van der Waals surface area contributed by atoms with Gasteiger partial charge in [-0.2, -0.15) is 0 Å². The largest absolute Gasteiger partial charge is 0.354 e. The van der Waals surface area contributed by atoms with Crippen molar-refractivity contribution in [3.63, 3.8) is 0 Å². The Kier molecular flexibility index (Phi) is 5.33. The van der Waals surface area contributed by atoms with Crippen molar-refractivity contribution in [3.8, 4) is 0 Å². The third kappa shape index (κ3) is 4.29. The van der Waals surface area contributed by atoms with E-state index in [1.165, 1.54) is 0 Å². The highest BCUT2D eigenvalue weighted by Gasteiger charge is 2.19. The van der Waals surface area contributed by atoms with Crippen molar-refractivity contribution in [2.24, 2.45) is 0 Å². The first-order valence-electron chi connectivity index (χ1n) is 7.48. The van der Waals surface area contributed by atoms with Crippen molar-refractivity contribution in [1.29, 1.82) is 0 Å². The molecule has 0 bridgehead atoms. The number of carbonyl (C=O) groups is 2. The van der Waals surface area contributed by atoms with Gasteiger partial charge in [0.1, 0.15) is 0 Å². The Bertz CT molecular complexity index is 516. The molecule has 1 aromatic rings. The first-order valence-corrected chi connectivity index (χ1v) is 7.48. The van der Waals surface area contributed by atoms with Gasteiger partial charge in [0.2, 0.25) is 11.8 Å². The fraction of sp³-hybridized carbons (Fsp3) is 0.500. The number of nitrogens with zero attached hydrogens (tertiary/aromatic N) is 1. The zero-order valence-corrected chi connectivity index (χ0v) is 12.7. The molecule has 1 saturated heterocycles. The first kappa shape index (κ1) is 15.5. The second kappa shape index (κ2) is 7.22. The lowest BCUT2D eigenvalue weighted by atomic mass is 9.97. The normalized spacial score (nSPS) is 17.1. The summed E-state index contributed by atoms with van der Waals surface area (Å²) in [6.07, 6.45) is 1.03. The number of para-hydroxylation sites is 1. The van der Waals surface area contributed by atoms with E-state index in [0.29, 0.717) is 25.6 Å². The van der Waals surface area contributed by atoms with Crippen LogP contribution in [0, 0.1) is 0 Å². The molecule has 0 saturated carbocycles. The summed E-state index contributed by atoms with van der Waals surface area (Å²) in [6, 6.07) is 7.91. The van der Waals surface area contributed by atoms with E-state index < -0.39 is 0 Å². The maximum atomic E-state index is 12.2. The van der Waals surface area contributed by atoms with Gasteiger partial charge in [-0.1, -0.05) is 32.0 Å². The van der Waals surface area contributed by atoms with Crippen LogP contribution in [0.2, 0.25) is 0 Å². The van der Waals surface area contributed by atoms with E-state index in [2.05, 4.69) is 30.5 Å². The Hall–Kier alpha value is -1.88. The minimum atomic E-state index is -0.0690. The molecule has 1 atom stereocenters. The molecule has 0 aromatic heterocycles. The topological polar surface area (TPSA) is 61.4 Å². The van der Waals surface area contributed by atoms with Gasteiger partial charge in [-0.05, 0) is 24.0 Å². The molecule has 21 heavy (non-hydrogen) atoms. The van der Waals surface area contributed by atoms with Crippen LogP contribution in [-0.2, 0) is 9.59 Å². The molecule has 0 aliphatic carbocycles. The molecule has 2 amide bonds. The summed E-state index contributed by atoms with van der Waals surface area (Å²) in [5.41, 5.74) is 2.03. The van der Waals surface area contributed by atoms with Crippen LogP contribution in [0.1, 0.15) is 31.7 Å². The quantitative estimate of drug-likeness (QED) is 0.865. The maximum absolute atomic E-state index is 12.2. The molecule has 5 nitrogen and oxygen atoms in total. The maximum Gasteiger partial charge on any atom is 0.238 e. The summed E-state index contributed by atoms with van der Waals surface area (Å²) in [5.74, 6) is 0.316. The van der Waals surface area contributed by atoms with Crippen LogP contribution in [0.4, 0.5) is 5.69 Å². The number of anilines is 1. The molecule has 1 aromatic carbocycles. The van der Waals surface area contributed by atoms with E-state index in [1.54, 1.807) is 0 Å². The molecule has 1 heterocycles. The molecule has 2 rings (SSSR count). The fourth-order valence-corrected chi connectivity index (χ4v) is 2.48. The van der Waals surface area contributed by atoms with Crippen LogP contribution in [0.25, 0.3) is 0 Å². The van der Waals surface area contributed by atoms with Gasteiger partial charge in [0.15, 0.2) is 0 Å². The summed E-state index contributed by atoms with van der Waals surface area (Å²) < 4.78 is 0. The minimum absolute atomic E-state index is 0.0194. The van der Waals surface area contributed by atoms with Crippen molar-refractivity contribution in [2.45, 2.75) is 26.2 Å². The van der Waals surface area contributed by atoms with E-state index in [9.17, 15) is 9.59 Å². The molecule has 0 radical (unpaired) electrons. The molecule has 1 aliphatic heterocycles. The Morgan fingerprint density at radius 3 is 2.90 bits per heavy atom. The predicted octanol–water partition coefficient (Wildman–Crippen LogP) is 1.57. The van der Waals surface area contributed by atoms with Gasteiger partial charge < -0.3 is 10.6 Å². The lowest BCUT2D eigenvalue weighted by Gasteiger charge is -2.26.